The second-order valence-electron chi connectivity index (χ2n) is 11.3. The van der Waals surface area contributed by atoms with Crippen LogP contribution in [0.4, 0.5) is 9.18 Å². The van der Waals surface area contributed by atoms with Crippen LogP contribution >= 0.6 is 0 Å². The molecular formula is C33H37FN2O5. The van der Waals surface area contributed by atoms with Crippen molar-refractivity contribution in [1.29, 1.82) is 0 Å². The van der Waals surface area contributed by atoms with Crippen LogP contribution in [0.25, 0.3) is 11.1 Å². The number of benzene rings is 3. The van der Waals surface area contributed by atoms with E-state index in [9.17, 15) is 18.8 Å². The van der Waals surface area contributed by atoms with E-state index in [0.717, 1.165) is 16.7 Å². The number of alkyl halides is 1. The van der Waals surface area contributed by atoms with E-state index < -0.39 is 41.7 Å². The minimum Gasteiger partial charge on any atom is -0.457 e. The van der Waals surface area contributed by atoms with Gasteiger partial charge in [-0.3, -0.25) is 4.79 Å². The van der Waals surface area contributed by atoms with Crippen molar-refractivity contribution in [3.8, 4) is 11.1 Å². The number of hydrogen-bond donors (Lipinski definition) is 1. The van der Waals surface area contributed by atoms with Crippen molar-refractivity contribution in [2.45, 2.75) is 64.5 Å². The van der Waals surface area contributed by atoms with Crippen molar-refractivity contribution in [2.24, 2.45) is 0 Å². The number of esters is 1. The molecule has 1 N–H and O–H groups in total. The van der Waals surface area contributed by atoms with E-state index in [1.807, 2.05) is 66.7 Å². The highest BCUT2D eigenvalue weighted by molar-refractivity contribution is 5.94. The van der Waals surface area contributed by atoms with Gasteiger partial charge < -0.3 is 19.7 Å². The third-order valence-corrected chi connectivity index (χ3v) is 6.96. The molecule has 0 spiro atoms. The lowest BCUT2D eigenvalue weighted by atomic mass is 9.87. The first-order valence-electron chi connectivity index (χ1n) is 13.8. The Morgan fingerprint density at radius 1 is 0.976 bits per heavy atom. The van der Waals surface area contributed by atoms with Gasteiger partial charge in [0.25, 0.3) is 0 Å². The first-order chi connectivity index (χ1) is 19.5. The summed E-state index contributed by atoms with van der Waals surface area (Å²) in [4.78, 5) is 41.5. The SMILES string of the molecule is C[C@@H](c1ccc(-c2ccccc2)cc1C(=O)OCc1ccccc1)[C@H](NC(=O)OC(C)(C)C)C(=O)N1CC[C@H](F)C1. The molecule has 1 aliphatic heterocycles. The summed E-state index contributed by atoms with van der Waals surface area (Å²) in [7, 11) is 0. The molecule has 0 saturated carbocycles. The number of hydrogen-bond acceptors (Lipinski definition) is 5. The van der Waals surface area contributed by atoms with Crippen LogP contribution < -0.4 is 5.32 Å². The Bertz CT molecular complexity index is 1360. The predicted octanol–water partition coefficient (Wildman–Crippen LogP) is 6.28. The Hall–Kier alpha value is -4.20. The fourth-order valence-corrected chi connectivity index (χ4v) is 4.87. The van der Waals surface area contributed by atoms with E-state index in [-0.39, 0.29) is 31.7 Å². The van der Waals surface area contributed by atoms with Crippen molar-refractivity contribution < 1.29 is 28.2 Å². The number of likely N-dealkylation sites (tertiary alicyclic amines) is 1. The monoisotopic (exact) mass is 560 g/mol. The molecule has 216 valence electrons. The maximum absolute atomic E-state index is 14.0. The number of halogens is 1. The third kappa shape index (κ3) is 7.93. The molecule has 1 aliphatic rings. The molecular weight excluding hydrogens is 523 g/mol. The normalized spacial score (nSPS) is 16.5. The van der Waals surface area contributed by atoms with E-state index in [1.165, 1.54) is 4.90 Å². The number of alkyl carbamates (subject to hydrolysis) is 1. The number of nitrogens with one attached hydrogen (secondary N) is 1. The van der Waals surface area contributed by atoms with Crippen LogP contribution in [-0.4, -0.2) is 53.8 Å². The minimum atomic E-state index is -1.12. The van der Waals surface area contributed by atoms with Gasteiger partial charge in [-0.1, -0.05) is 79.7 Å². The molecule has 2 amide bonds. The number of nitrogens with zero attached hydrogens (tertiary/aromatic N) is 1. The topological polar surface area (TPSA) is 84.9 Å². The van der Waals surface area contributed by atoms with Crippen molar-refractivity contribution in [3.63, 3.8) is 0 Å². The van der Waals surface area contributed by atoms with Crippen molar-refractivity contribution in [3.05, 3.63) is 95.6 Å². The van der Waals surface area contributed by atoms with Gasteiger partial charge in [0, 0.05) is 12.5 Å². The van der Waals surface area contributed by atoms with Gasteiger partial charge in [0.1, 0.15) is 24.4 Å². The van der Waals surface area contributed by atoms with Crippen LogP contribution in [-0.2, 0) is 20.9 Å². The lowest BCUT2D eigenvalue weighted by Crippen LogP contribution is -2.51. The molecule has 0 radical (unpaired) electrons. The van der Waals surface area contributed by atoms with Gasteiger partial charge in [-0.15, -0.1) is 0 Å². The molecule has 41 heavy (non-hydrogen) atoms. The maximum atomic E-state index is 14.0. The van der Waals surface area contributed by atoms with Crippen molar-refractivity contribution >= 4 is 18.0 Å². The summed E-state index contributed by atoms with van der Waals surface area (Å²) in [5.74, 6) is -1.65. The third-order valence-electron chi connectivity index (χ3n) is 6.96. The number of carbonyl (C=O) groups excluding carboxylic acids is 3. The molecule has 1 heterocycles. The van der Waals surface area contributed by atoms with Crippen LogP contribution in [0, 0.1) is 0 Å². The maximum Gasteiger partial charge on any atom is 0.408 e. The first-order valence-corrected chi connectivity index (χ1v) is 13.8. The molecule has 3 aromatic carbocycles. The summed E-state index contributed by atoms with van der Waals surface area (Å²) in [5.41, 5.74) is 2.56. The molecule has 8 heteroatoms. The molecule has 3 atom stereocenters. The van der Waals surface area contributed by atoms with Crippen LogP contribution in [0.15, 0.2) is 78.9 Å². The minimum absolute atomic E-state index is 0.0447. The van der Waals surface area contributed by atoms with Crippen LogP contribution in [0.2, 0.25) is 0 Å². The highest BCUT2D eigenvalue weighted by Crippen LogP contribution is 2.31. The van der Waals surface area contributed by atoms with Gasteiger partial charge in [-0.2, -0.15) is 0 Å². The van der Waals surface area contributed by atoms with E-state index in [1.54, 1.807) is 39.8 Å². The quantitative estimate of drug-likeness (QED) is 0.328. The van der Waals surface area contributed by atoms with E-state index in [0.29, 0.717) is 5.56 Å². The van der Waals surface area contributed by atoms with Crippen LogP contribution in [0.5, 0.6) is 0 Å². The number of rotatable bonds is 8. The Kier molecular flexibility index (Phi) is 9.42. The highest BCUT2D eigenvalue weighted by Gasteiger charge is 2.37. The lowest BCUT2D eigenvalue weighted by molar-refractivity contribution is -0.133. The first kappa shape index (κ1) is 29.8. The zero-order valence-electron chi connectivity index (χ0n) is 23.9. The summed E-state index contributed by atoms with van der Waals surface area (Å²) < 4.78 is 25.2. The van der Waals surface area contributed by atoms with Crippen LogP contribution in [0.1, 0.15) is 61.5 Å². The molecule has 1 fully saturated rings. The van der Waals surface area contributed by atoms with Gasteiger partial charge in [-0.25, -0.2) is 14.0 Å². The van der Waals surface area contributed by atoms with Gasteiger partial charge in [0.15, 0.2) is 0 Å². The molecule has 0 bridgehead atoms. The summed E-state index contributed by atoms with van der Waals surface area (Å²) in [6, 6.07) is 23.3. The number of amides is 2. The fourth-order valence-electron chi connectivity index (χ4n) is 4.87. The molecule has 0 aliphatic carbocycles. The van der Waals surface area contributed by atoms with Gasteiger partial charge in [-0.05, 0) is 55.5 Å². The Morgan fingerprint density at radius 3 is 2.24 bits per heavy atom. The molecule has 3 aromatic rings. The highest BCUT2D eigenvalue weighted by atomic mass is 19.1. The predicted molar refractivity (Wildman–Crippen MR) is 155 cm³/mol. The molecule has 7 nitrogen and oxygen atoms in total. The molecule has 1 saturated heterocycles. The summed E-state index contributed by atoms with van der Waals surface area (Å²) in [6.07, 6.45) is -1.65. The number of carbonyl (C=O) groups is 3. The van der Waals surface area contributed by atoms with E-state index >= 15 is 0 Å². The lowest BCUT2D eigenvalue weighted by Gasteiger charge is -2.30. The van der Waals surface area contributed by atoms with Gasteiger partial charge >= 0.3 is 12.1 Å². The zero-order valence-corrected chi connectivity index (χ0v) is 23.9. The average Bonchev–Trinajstić information content (AvgIpc) is 3.40. The van der Waals surface area contributed by atoms with Crippen molar-refractivity contribution in [2.75, 3.05) is 13.1 Å². The van der Waals surface area contributed by atoms with Crippen molar-refractivity contribution in [1.82, 2.24) is 10.2 Å². The van der Waals surface area contributed by atoms with Crippen LogP contribution in [0.3, 0.4) is 0 Å². The Morgan fingerprint density at radius 2 is 1.63 bits per heavy atom. The summed E-state index contributed by atoms with van der Waals surface area (Å²) >= 11 is 0. The zero-order chi connectivity index (χ0) is 29.6. The average molecular weight is 561 g/mol. The second kappa shape index (κ2) is 13.0. The van der Waals surface area contributed by atoms with E-state index in [4.69, 9.17) is 9.47 Å². The number of ether oxygens (including phenoxy) is 2. The largest absolute Gasteiger partial charge is 0.457 e. The van der Waals surface area contributed by atoms with Gasteiger partial charge in [0.05, 0.1) is 12.1 Å². The summed E-state index contributed by atoms with van der Waals surface area (Å²) in [5, 5.41) is 2.71. The van der Waals surface area contributed by atoms with E-state index in [2.05, 4.69) is 5.32 Å². The summed E-state index contributed by atoms with van der Waals surface area (Å²) in [6.45, 7) is 7.22. The second-order valence-corrected chi connectivity index (χ2v) is 11.3. The Labute approximate surface area is 240 Å². The fraction of sp³-hybridized carbons (Fsp3) is 0.364. The molecule has 4 rings (SSSR count). The Balaban J connectivity index is 1.70. The standard InChI is InChI=1S/C33H37FN2O5/c1-22(29(35-32(39)41-33(2,3)4)30(37)36-18-17-26(34)20-36)27-16-15-25(24-13-9-6-10-14-24)19-28(27)31(38)40-21-23-11-7-5-8-12-23/h5-16,19,22,26,29H,17-18,20-21H2,1-4H3,(H,35,39)/t22-,26-,29-/m0/s1. The molecule has 0 unspecified atom stereocenters. The smallest absolute Gasteiger partial charge is 0.408 e. The molecule has 0 aromatic heterocycles. The van der Waals surface area contributed by atoms with Gasteiger partial charge in [0.2, 0.25) is 5.91 Å².